The van der Waals surface area contributed by atoms with E-state index in [1.54, 1.807) is 0 Å². The number of aromatic amines is 1. The van der Waals surface area contributed by atoms with Gasteiger partial charge in [-0.15, -0.1) is 41.2 Å². The van der Waals surface area contributed by atoms with Gasteiger partial charge in [0.2, 0.25) is 23.3 Å². The van der Waals surface area contributed by atoms with E-state index in [1.807, 2.05) is 0 Å². The third-order valence-corrected chi connectivity index (χ3v) is 1.64. The van der Waals surface area contributed by atoms with Crippen LogP contribution in [0, 0.1) is 0 Å². The highest BCUT2D eigenvalue weighted by molar-refractivity contribution is 5.95. The van der Waals surface area contributed by atoms with E-state index in [-0.39, 0.29) is 17.5 Å². The zero-order chi connectivity index (χ0) is 10.8. The van der Waals surface area contributed by atoms with Crippen molar-refractivity contribution in [1.29, 1.82) is 0 Å². The molecule has 0 aromatic carbocycles. The summed E-state index contributed by atoms with van der Waals surface area (Å²) in [6, 6.07) is 0. The Hall–Kier alpha value is -2.76. The number of nitrogens with zero attached hydrogens (tertiary/aromatic N) is 8. The predicted octanol–water partition coefficient (Wildman–Crippen LogP) is -3.28. The maximum absolute atomic E-state index is 3.80. The van der Waals surface area contributed by atoms with Crippen LogP contribution in [0.25, 0.3) is 11.6 Å². The predicted molar refractivity (Wildman–Crippen MR) is 46.7 cm³/mol. The average Bonchev–Trinajstić information content (AvgIpc) is 3.03. The normalized spacial score (nSPS) is 14.1. The monoisotopic (exact) mass is 220 g/mol. The zero-order valence-corrected chi connectivity index (χ0v) is 7.58. The first-order chi connectivity index (χ1) is 7.93. The Morgan fingerprint density at radius 2 is 1.62 bits per heavy atom. The fourth-order valence-corrected chi connectivity index (χ4v) is 0.975. The Bertz CT molecular complexity index is 496. The van der Waals surface area contributed by atoms with E-state index >= 15 is 0 Å². The second-order valence-electron chi connectivity index (χ2n) is 2.60. The zero-order valence-electron chi connectivity index (χ0n) is 7.58. The maximum atomic E-state index is 3.80. The highest BCUT2D eigenvalue weighted by Crippen LogP contribution is 2.01. The minimum atomic E-state index is 0.178. The molecule has 0 fully saturated rings. The Morgan fingerprint density at radius 3 is 2.25 bits per heavy atom. The van der Waals surface area contributed by atoms with E-state index < -0.39 is 0 Å². The molecule has 0 atom stereocenters. The van der Waals surface area contributed by atoms with E-state index in [0.29, 0.717) is 5.84 Å². The molecule has 0 unspecified atom stereocenters. The number of hydrazine groups is 2. The molecule has 0 radical (unpaired) electrons. The van der Waals surface area contributed by atoms with Gasteiger partial charge in [0.15, 0.2) is 0 Å². The Kier molecular flexibility index (Phi) is 1.83. The van der Waals surface area contributed by atoms with Gasteiger partial charge in [0, 0.05) is 0 Å². The molecule has 0 saturated carbocycles. The first-order valence-corrected chi connectivity index (χ1v) is 4.09. The van der Waals surface area contributed by atoms with Crippen LogP contribution in [0.2, 0.25) is 0 Å². The number of amidine groups is 1. The van der Waals surface area contributed by atoms with Crippen molar-refractivity contribution in [2.75, 3.05) is 0 Å². The largest absolute Gasteiger partial charge is 0.282 e. The second kappa shape index (κ2) is 3.43. The lowest BCUT2D eigenvalue weighted by Gasteiger charge is -1.96. The molecule has 2 aromatic rings. The highest BCUT2D eigenvalue weighted by Gasteiger charge is 2.14. The van der Waals surface area contributed by atoms with Crippen LogP contribution in [-0.2, 0) is 0 Å². The van der Waals surface area contributed by atoms with Crippen molar-refractivity contribution in [1.82, 2.24) is 57.5 Å². The molecule has 0 spiro atoms. The number of hydrazone groups is 1. The smallest absolute Gasteiger partial charge is 0.245 e. The molecule has 16 heavy (non-hydrogen) atoms. The quantitative estimate of drug-likeness (QED) is 0.404. The standard InChI is InChI=1S/C4H4N12/c5-1(3-9-13-14-10-3)6-8-2(7-5)4-11-15-16-12-4/h13-14H,(H,9,10)(H,11,12,15,16). The van der Waals surface area contributed by atoms with Crippen LogP contribution in [0.15, 0.2) is 5.10 Å². The summed E-state index contributed by atoms with van der Waals surface area (Å²) < 4.78 is 0. The second-order valence-corrected chi connectivity index (χ2v) is 2.60. The molecule has 2 aromatic heterocycles. The summed E-state index contributed by atoms with van der Waals surface area (Å²) in [5.41, 5.74) is 7.66. The van der Waals surface area contributed by atoms with Crippen molar-refractivity contribution < 1.29 is 0 Å². The van der Waals surface area contributed by atoms with E-state index in [2.05, 4.69) is 62.6 Å². The lowest BCUT2D eigenvalue weighted by molar-refractivity contribution is 0.577. The van der Waals surface area contributed by atoms with Gasteiger partial charge in [0.25, 0.3) is 0 Å². The molecule has 0 amide bonds. The molecule has 4 N–H and O–H groups in total. The Morgan fingerprint density at radius 1 is 0.812 bits per heavy atom. The fraction of sp³-hybridized carbons (Fsp3) is 0. The third kappa shape index (κ3) is 1.38. The fourth-order valence-electron chi connectivity index (χ4n) is 0.975. The number of hydrogen-bond acceptors (Lipinski definition) is 11. The molecule has 80 valence electrons. The first kappa shape index (κ1) is 8.54. The van der Waals surface area contributed by atoms with E-state index in [4.69, 9.17) is 0 Å². The van der Waals surface area contributed by atoms with Gasteiger partial charge in [-0.2, -0.15) is 5.21 Å². The molecule has 3 heterocycles. The van der Waals surface area contributed by atoms with Crippen LogP contribution in [0.4, 0.5) is 0 Å². The summed E-state index contributed by atoms with van der Waals surface area (Å²) in [4.78, 5) is 0. The first-order valence-electron chi connectivity index (χ1n) is 4.09. The van der Waals surface area contributed by atoms with E-state index in [0.717, 1.165) is 0 Å². The Labute approximate surface area is 86.9 Å². The number of tetrazole rings is 1. The molecule has 1 aliphatic heterocycles. The van der Waals surface area contributed by atoms with E-state index in [9.17, 15) is 0 Å². The molecular formula is C4H4N12. The third-order valence-electron chi connectivity index (χ3n) is 1.64. The van der Waals surface area contributed by atoms with Crippen LogP contribution in [0.3, 0.4) is 0 Å². The van der Waals surface area contributed by atoms with Crippen molar-refractivity contribution in [3.63, 3.8) is 0 Å². The minimum Gasteiger partial charge on any atom is -0.282 e. The molecule has 0 bridgehead atoms. The Balaban J connectivity index is 1.90. The van der Waals surface area contributed by atoms with Gasteiger partial charge in [0.1, 0.15) is 0 Å². The SMILES string of the molecule is N1=C(c2nnc(-c3nn[nH]n3)nn2)NNN1. The van der Waals surface area contributed by atoms with E-state index in [1.165, 1.54) is 0 Å². The highest BCUT2D eigenvalue weighted by atomic mass is 15.8. The van der Waals surface area contributed by atoms with Gasteiger partial charge < -0.3 is 0 Å². The summed E-state index contributed by atoms with van der Waals surface area (Å²) in [5, 5.41) is 32.0. The minimum absolute atomic E-state index is 0.178. The molecule has 3 rings (SSSR count). The van der Waals surface area contributed by atoms with Crippen LogP contribution in [0.5, 0.6) is 0 Å². The number of H-pyrrole nitrogens is 1. The van der Waals surface area contributed by atoms with Crippen molar-refractivity contribution >= 4 is 5.84 Å². The van der Waals surface area contributed by atoms with Gasteiger partial charge in [-0.1, -0.05) is 0 Å². The van der Waals surface area contributed by atoms with Gasteiger partial charge in [-0.05, 0) is 5.21 Å². The molecule has 12 heteroatoms. The van der Waals surface area contributed by atoms with Crippen molar-refractivity contribution in [2.45, 2.75) is 0 Å². The number of hydrogen-bond donors (Lipinski definition) is 4. The molecule has 1 aliphatic rings. The average molecular weight is 220 g/mol. The topological polar surface area (TPSA) is 154 Å². The van der Waals surface area contributed by atoms with Crippen molar-refractivity contribution in [3.05, 3.63) is 5.82 Å². The van der Waals surface area contributed by atoms with Gasteiger partial charge >= 0.3 is 0 Å². The lowest BCUT2D eigenvalue weighted by Crippen LogP contribution is -2.36. The van der Waals surface area contributed by atoms with Crippen molar-refractivity contribution in [2.24, 2.45) is 5.10 Å². The maximum Gasteiger partial charge on any atom is 0.245 e. The van der Waals surface area contributed by atoms with Gasteiger partial charge in [-0.25, -0.2) is 5.53 Å². The van der Waals surface area contributed by atoms with Crippen LogP contribution >= 0.6 is 0 Å². The summed E-state index contributed by atoms with van der Waals surface area (Å²) in [7, 11) is 0. The summed E-state index contributed by atoms with van der Waals surface area (Å²) >= 11 is 0. The summed E-state index contributed by atoms with van der Waals surface area (Å²) in [6.07, 6.45) is 0. The summed E-state index contributed by atoms with van der Waals surface area (Å²) in [5.74, 6) is 1.03. The van der Waals surface area contributed by atoms with Gasteiger partial charge in [0.05, 0.1) is 0 Å². The van der Waals surface area contributed by atoms with Crippen LogP contribution < -0.4 is 16.5 Å². The molecule has 12 nitrogen and oxygen atoms in total. The lowest BCUT2D eigenvalue weighted by atomic mass is 10.5. The van der Waals surface area contributed by atoms with Crippen molar-refractivity contribution in [3.8, 4) is 11.6 Å². The molecule has 0 saturated heterocycles. The van der Waals surface area contributed by atoms with Crippen LogP contribution in [-0.4, -0.2) is 46.9 Å². The molecule has 0 aliphatic carbocycles. The number of nitrogens with one attached hydrogen (secondary N) is 4. The van der Waals surface area contributed by atoms with Gasteiger partial charge in [-0.3, -0.25) is 5.43 Å². The van der Waals surface area contributed by atoms with Crippen LogP contribution in [0.1, 0.15) is 5.82 Å². The number of rotatable bonds is 2. The molecular weight excluding hydrogens is 216 g/mol. The summed E-state index contributed by atoms with van der Waals surface area (Å²) in [6.45, 7) is 0. The number of aromatic nitrogens is 8.